The number of ketones is 1. The van der Waals surface area contributed by atoms with Gasteiger partial charge < -0.3 is 0 Å². The van der Waals surface area contributed by atoms with Crippen LogP contribution in [0.4, 0.5) is 0 Å². The molecule has 0 N–H and O–H groups in total. The van der Waals surface area contributed by atoms with Crippen LogP contribution in [0, 0.1) is 5.92 Å². The van der Waals surface area contributed by atoms with Crippen molar-refractivity contribution in [3.05, 3.63) is 35.5 Å². The Bertz CT molecular complexity index is 314. The fraction of sp³-hybridized carbons (Fsp3) is 0.562. The summed E-state index contributed by atoms with van der Waals surface area (Å²) in [4.78, 5) is 11.2. The van der Waals surface area contributed by atoms with Gasteiger partial charge in [0.25, 0.3) is 0 Å². The van der Waals surface area contributed by atoms with Gasteiger partial charge >= 0.3 is 0 Å². The minimum atomic E-state index is 0.199. The second-order valence-electron chi connectivity index (χ2n) is 4.97. The highest BCUT2D eigenvalue weighted by atomic mass is 16.1. The molecule has 0 aliphatic carbocycles. The Hall–Kier alpha value is -1.11. The summed E-state index contributed by atoms with van der Waals surface area (Å²) in [5.41, 5.74) is 2.43. The Morgan fingerprint density at radius 2 is 1.82 bits per heavy atom. The van der Waals surface area contributed by atoms with E-state index in [0.717, 1.165) is 18.4 Å². The van der Waals surface area contributed by atoms with Crippen LogP contribution in [0.3, 0.4) is 0 Å². The predicted molar refractivity (Wildman–Crippen MR) is 76.0 cm³/mol. The van der Waals surface area contributed by atoms with Crippen molar-refractivity contribution < 1.29 is 4.79 Å². The second kappa shape index (κ2) is 8.98. The number of carbonyl (C=O) groups excluding carboxylic acids is 1. The molecule has 0 aromatic heterocycles. The minimum absolute atomic E-state index is 0.199. The summed E-state index contributed by atoms with van der Waals surface area (Å²) in [5.74, 6) is 0.862. The molecule has 0 fully saturated rings. The van der Waals surface area contributed by atoms with Gasteiger partial charge in [-0.2, -0.15) is 0 Å². The van der Waals surface area contributed by atoms with Gasteiger partial charge in [0.1, 0.15) is 0 Å². The highest BCUT2D eigenvalue weighted by molar-refractivity contribution is 5.90. The van der Waals surface area contributed by atoms with Crippen molar-refractivity contribution in [3.8, 4) is 0 Å². The van der Waals surface area contributed by atoms with E-state index < -0.39 is 0 Å². The van der Waals surface area contributed by atoms with Gasteiger partial charge in [-0.05, 0) is 51.2 Å². The van der Waals surface area contributed by atoms with E-state index in [2.05, 4.69) is 32.9 Å². The van der Waals surface area contributed by atoms with E-state index in [1.165, 1.54) is 5.57 Å². The molecule has 0 amide bonds. The first-order chi connectivity index (χ1) is 7.95. The molecule has 1 unspecified atom stereocenters. The largest absolute Gasteiger partial charge is 0.295 e. The molecule has 1 atom stereocenters. The monoisotopic (exact) mass is 234 g/mol. The Labute approximate surface area is 106 Å². The number of hydrogen-bond donors (Lipinski definition) is 0. The molecule has 0 saturated heterocycles. The van der Waals surface area contributed by atoms with Gasteiger partial charge in [-0.15, -0.1) is 0 Å². The third-order valence-electron chi connectivity index (χ3n) is 2.58. The quantitative estimate of drug-likeness (QED) is 0.349. The maximum atomic E-state index is 11.2. The van der Waals surface area contributed by atoms with E-state index in [4.69, 9.17) is 0 Å². The van der Waals surface area contributed by atoms with Crippen LogP contribution in [0.25, 0.3) is 0 Å². The molecule has 0 bridgehead atoms. The summed E-state index contributed by atoms with van der Waals surface area (Å²) in [6.07, 6.45) is 11.0. The SMILES string of the molecule is CCC(=O)C=C(C)C=CCC(C)CC=C(C)C. The van der Waals surface area contributed by atoms with Gasteiger partial charge in [-0.3, -0.25) is 4.79 Å². The Morgan fingerprint density at radius 3 is 2.35 bits per heavy atom. The molecule has 0 aromatic carbocycles. The highest BCUT2D eigenvalue weighted by Crippen LogP contribution is 2.11. The number of hydrogen-bond acceptors (Lipinski definition) is 1. The first-order valence-electron chi connectivity index (χ1n) is 6.46. The van der Waals surface area contributed by atoms with Crippen LogP contribution in [0.2, 0.25) is 0 Å². The summed E-state index contributed by atoms with van der Waals surface area (Å²) in [5, 5.41) is 0. The van der Waals surface area contributed by atoms with E-state index >= 15 is 0 Å². The van der Waals surface area contributed by atoms with Crippen molar-refractivity contribution in [1.82, 2.24) is 0 Å². The van der Waals surface area contributed by atoms with Crippen molar-refractivity contribution in [2.45, 2.75) is 53.9 Å². The zero-order valence-electron chi connectivity index (χ0n) is 11.9. The van der Waals surface area contributed by atoms with Gasteiger partial charge in [0.15, 0.2) is 5.78 Å². The zero-order valence-corrected chi connectivity index (χ0v) is 11.9. The van der Waals surface area contributed by atoms with E-state index in [1.807, 2.05) is 19.9 Å². The summed E-state index contributed by atoms with van der Waals surface area (Å²) < 4.78 is 0. The van der Waals surface area contributed by atoms with Gasteiger partial charge in [-0.25, -0.2) is 0 Å². The molecule has 0 spiro atoms. The summed E-state index contributed by atoms with van der Waals surface area (Å²) >= 11 is 0. The lowest BCUT2D eigenvalue weighted by atomic mass is 10.0. The van der Waals surface area contributed by atoms with Crippen LogP contribution < -0.4 is 0 Å². The first-order valence-corrected chi connectivity index (χ1v) is 6.46. The van der Waals surface area contributed by atoms with Crippen molar-refractivity contribution in [1.29, 1.82) is 0 Å². The lowest BCUT2D eigenvalue weighted by Crippen LogP contribution is -1.91. The third kappa shape index (κ3) is 9.80. The Morgan fingerprint density at radius 1 is 1.18 bits per heavy atom. The van der Waals surface area contributed by atoms with E-state index in [1.54, 1.807) is 6.08 Å². The number of carbonyl (C=O) groups is 1. The second-order valence-corrected chi connectivity index (χ2v) is 4.97. The lowest BCUT2D eigenvalue weighted by Gasteiger charge is -2.04. The van der Waals surface area contributed by atoms with Crippen LogP contribution in [0.5, 0.6) is 0 Å². The van der Waals surface area contributed by atoms with Crippen LogP contribution in [0.1, 0.15) is 53.9 Å². The normalized spacial score (nSPS) is 13.8. The van der Waals surface area contributed by atoms with Gasteiger partial charge in [0, 0.05) is 6.42 Å². The summed E-state index contributed by atoms with van der Waals surface area (Å²) in [6, 6.07) is 0. The van der Waals surface area contributed by atoms with Crippen molar-refractivity contribution in [2.75, 3.05) is 0 Å². The standard InChI is InChI=1S/C16H26O/c1-6-16(17)12-15(5)9-7-8-14(4)11-10-13(2)3/h7,9-10,12,14H,6,8,11H2,1-5H3. The van der Waals surface area contributed by atoms with Crippen molar-refractivity contribution >= 4 is 5.78 Å². The average molecular weight is 234 g/mol. The predicted octanol–water partition coefficient (Wildman–Crippen LogP) is 4.85. The van der Waals surface area contributed by atoms with Gasteiger partial charge in [0.2, 0.25) is 0 Å². The summed E-state index contributed by atoms with van der Waals surface area (Å²) in [7, 11) is 0. The molecule has 0 aromatic rings. The molecular formula is C16H26O. The van der Waals surface area contributed by atoms with Crippen LogP contribution in [-0.4, -0.2) is 5.78 Å². The fourth-order valence-corrected chi connectivity index (χ4v) is 1.42. The van der Waals surface area contributed by atoms with Crippen molar-refractivity contribution in [2.24, 2.45) is 5.92 Å². The molecule has 0 heterocycles. The Balaban J connectivity index is 4.06. The molecule has 1 nitrogen and oxygen atoms in total. The first kappa shape index (κ1) is 15.9. The smallest absolute Gasteiger partial charge is 0.155 e. The molecule has 0 radical (unpaired) electrons. The average Bonchev–Trinajstić information content (AvgIpc) is 2.26. The van der Waals surface area contributed by atoms with Crippen molar-refractivity contribution in [3.63, 3.8) is 0 Å². The highest BCUT2D eigenvalue weighted by Gasteiger charge is 1.97. The molecule has 17 heavy (non-hydrogen) atoms. The Kier molecular flexibility index (Phi) is 8.39. The minimum Gasteiger partial charge on any atom is -0.295 e. The maximum Gasteiger partial charge on any atom is 0.155 e. The fourth-order valence-electron chi connectivity index (χ4n) is 1.42. The molecule has 0 aliphatic heterocycles. The summed E-state index contributed by atoms with van der Waals surface area (Å²) in [6.45, 7) is 10.4. The molecule has 1 heteroatoms. The lowest BCUT2D eigenvalue weighted by molar-refractivity contribution is -0.114. The van der Waals surface area contributed by atoms with E-state index in [-0.39, 0.29) is 5.78 Å². The molecule has 0 aliphatic rings. The van der Waals surface area contributed by atoms with E-state index in [9.17, 15) is 4.79 Å². The van der Waals surface area contributed by atoms with Crippen LogP contribution in [-0.2, 0) is 4.79 Å². The van der Waals surface area contributed by atoms with E-state index in [0.29, 0.717) is 12.3 Å². The number of rotatable bonds is 7. The molecule has 0 rings (SSSR count). The molecular weight excluding hydrogens is 208 g/mol. The molecule has 0 saturated carbocycles. The van der Waals surface area contributed by atoms with Gasteiger partial charge in [0.05, 0.1) is 0 Å². The number of allylic oxidation sites excluding steroid dienone is 6. The van der Waals surface area contributed by atoms with Crippen LogP contribution >= 0.6 is 0 Å². The van der Waals surface area contributed by atoms with Gasteiger partial charge in [-0.1, -0.05) is 37.6 Å². The van der Waals surface area contributed by atoms with Crippen LogP contribution in [0.15, 0.2) is 35.5 Å². The maximum absolute atomic E-state index is 11.2. The molecule has 96 valence electrons. The zero-order chi connectivity index (χ0) is 13.3. The third-order valence-corrected chi connectivity index (χ3v) is 2.58. The topological polar surface area (TPSA) is 17.1 Å².